The summed E-state index contributed by atoms with van der Waals surface area (Å²) < 4.78 is 48.0. The lowest BCUT2D eigenvalue weighted by atomic mass is 9.98. The van der Waals surface area contributed by atoms with Gasteiger partial charge in [0.05, 0.1) is 54.9 Å². The Balaban J connectivity index is 1.04. The summed E-state index contributed by atoms with van der Waals surface area (Å²) in [7, 11) is 1.63. The highest BCUT2D eigenvalue weighted by Crippen LogP contribution is 2.34. The number of imidazole rings is 1. The number of rotatable bonds is 18. The highest BCUT2D eigenvalue weighted by molar-refractivity contribution is 6.34. The van der Waals surface area contributed by atoms with Crippen molar-refractivity contribution in [2.75, 3.05) is 70.8 Å². The number of carbonyl (C=O) groups excluding carboxylic acids is 3. The van der Waals surface area contributed by atoms with E-state index in [4.69, 9.17) is 11.6 Å². The quantitative estimate of drug-likeness (QED) is 0.117. The lowest BCUT2D eigenvalue weighted by molar-refractivity contribution is -0.897. The number of alkyl halides is 2. The van der Waals surface area contributed by atoms with E-state index < -0.39 is 24.3 Å². The first-order valence-electron chi connectivity index (χ1n) is 20.3. The number of carbonyl (C=O) groups is 4. The van der Waals surface area contributed by atoms with Gasteiger partial charge in [0.1, 0.15) is 5.82 Å². The van der Waals surface area contributed by atoms with Crippen LogP contribution in [0.3, 0.4) is 0 Å². The van der Waals surface area contributed by atoms with Crippen LogP contribution in [-0.4, -0.2) is 130 Å². The lowest BCUT2D eigenvalue weighted by Crippen LogP contribution is -3.14. The molecule has 19 heteroatoms. The Hall–Kier alpha value is -5.30. The van der Waals surface area contributed by atoms with Crippen molar-refractivity contribution in [3.63, 3.8) is 0 Å². The van der Waals surface area contributed by atoms with Crippen LogP contribution in [0.2, 0.25) is 5.02 Å². The molecule has 2 aromatic carbocycles. The second-order valence-electron chi connectivity index (χ2n) is 15.6. The molecule has 4 heterocycles. The van der Waals surface area contributed by atoms with E-state index in [0.29, 0.717) is 85.2 Å². The number of anilines is 1. The molecular formula is C42H52ClF3N9O6+. The summed E-state index contributed by atoms with van der Waals surface area (Å²) in [6.07, 6.45) is 4.18. The fourth-order valence-electron chi connectivity index (χ4n) is 7.98. The van der Waals surface area contributed by atoms with E-state index in [-0.39, 0.29) is 59.4 Å². The molecule has 6 rings (SSSR count). The average molecular weight is 871 g/mol. The smallest absolute Gasteiger partial charge is 0.359 e. The zero-order chi connectivity index (χ0) is 44.0. The normalized spacial score (nSPS) is 15.5. The van der Waals surface area contributed by atoms with E-state index in [9.17, 15) is 33.1 Å². The van der Waals surface area contributed by atoms with Gasteiger partial charge in [-0.1, -0.05) is 30.7 Å². The zero-order valence-electron chi connectivity index (χ0n) is 34.6. The van der Waals surface area contributed by atoms with Crippen LogP contribution < -0.4 is 15.5 Å². The van der Waals surface area contributed by atoms with Crippen LogP contribution in [0.15, 0.2) is 42.7 Å². The number of quaternary nitrogens is 1. The Morgan fingerprint density at radius 3 is 2.38 bits per heavy atom. The maximum absolute atomic E-state index is 15.9. The standard InChI is InChI=1S/C42H51ClF3N9O6/c1-5-28(10-11-52(24-36(56)57)23-27-19-47-20-27)40(59)53-12-14-54(15-13-53)41(60)32-7-6-29(18-34(32)43)50-39(58)38-48-22-35(51(38)4)30-8-9-31(37(44)25(30)2)33-21-49-55(26(33)3)16-17-61-42(45)46/h6-9,18,21-22,27-28,42,47H,5,10-17,19-20,23-24H2,1-4H3,(H,50,58)(H,56,57)/p+1. The molecule has 2 atom stereocenters. The Morgan fingerprint density at radius 1 is 1.03 bits per heavy atom. The third kappa shape index (κ3) is 10.6. The van der Waals surface area contributed by atoms with Crippen molar-refractivity contribution in [2.24, 2.45) is 18.9 Å². The predicted octanol–water partition coefficient (Wildman–Crippen LogP) is 3.74. The number of aliphatic carboxylic acids is 1. The van der Waals surface area contributed by atoms with Crippen molar-refractivity contribution in [1.29, 1.82) is 0 Å². The number of nitrogens with one attached hydrogen (secondary N) is 3. The van der Waals surface area contributed by atoms with Crippen LogP contribution in [0.4, 0.5) is 18.9 Å². The van der Waals surface area contributed by atoms with E-state index in [1.807, 2.05) is 6.92 Å². The molecule has 15 nitrogen and oxygen atoms in total. The van der Waals surface area contributed by atoms with Gasteiger partial charge in [0.2, 0.25) is 5.91 Å². The van der Waals surface area contributed by atoms with Gasteiger partial charge in [-0.25, -0.2) is 14.2 Å². The third-order valence-corrected chi connectivity index (χ3v) is 12.0. The average Bonchev–Trinajstić information content (AvgIpc) is 3.77. The molecule has 3 amide bonds. The molecule has 2 unspecified atom stereocenters. The van der Waals surface area contributed by atoms with Gasteiger partial charge in [0.15, 0.2) is 12.4 Å². The first kappa shape index (κ1) is 45.2. The molecule has 0 spiro atoms. The van der Waals surface area contributed by atoms with Gasteiger partial charge in [-0.2, -0.15) is 13.9 Å². The van der Waals surface area contributed by atoms with Crippen LogP contribution in [0.25, 0.3) is 22.4 Å². The molecule has 61 heavy (non-hydrogen) atoms. The van der Waals surface area contributed by atoms with Gasteiger partial charge in [-0.05, 0) is 44.0 Å². The second kappa shape index (κ2) is 20.0. The molecule has 2 saturated heterocycles. The fourth-order valence-corrected chi connectivity index (χ4v) is 8.24. The monoisotopic (exact) mass is 870 g/mol. The minimum absolute atomic E-state index is 0.0172. The van der Waals surface area contributed by atoms with Crippen molar-refractivity contribution in [3.05, 3.63) is 76.2 Å². The Bertz CT molecular complexity index is 2240. The van der Waals surface area contributed by atoms with Gasteiger partial charge in [-0.15, -0.1) is 0 Å². The number of piperazine rings is 1. The molecule has 4 N–H and O–H groups in total. The van der Waals surface area contributed by atoms with Gasteiger partial charge in [-0.3, -0.25) is 19.1 Å². The number of hydrogen-bond acceptors (Lipinski definition) is 8. The van der Waals surface area contributed by atoms with Crippen LogP contribution in [0, 0.1) is 31.5 Å². The summed E-state index contributed by atoms with van der Waals surface area (Å²) in [5.74, 6) is -1.94. The Morgan fingerprint density at radius 2 is 1.74 bits per heavy atom. The predicted molar refractivity (Wildman–Crippen MR) is 221 cm³/mol. The van der Waals surface area contributed by atoms with Crippen LogP contribution in [-0.2, 0) is 27.9 Å². The van der Waals surface area contributed by atoms with Crippen LogP contribution >= 0.6 is 11.6 Å². The van der Waals surface area contributed by atoms with Crippen molar-refractivity contribution >= 4 is 41.0 Å². The SMILES string of the molecule is CCC(CC[NH+](CC(=O)O)CC1CNC1)C(=O)N1CCN(C(=O)c2ccc(NC(=O)c3ncc(-c4ccc(-c5cnn(CCOC(F)F)c5C)c(F)c4C)n3C)cc2Cl)CC1. The number of aromatic nitrogens is 4. The minimum atomic E-state index is -2.89. The zero-order valence-corrected chi connectivity index (χ0v) is 35.4. The first-order chi connectivity index (χ1) is 29.2. The topological polar surface area (TPSA) is 168 Å². The summed E-state index contributed by atoms with van der Waals surface area (Å²) >= 11 is 6.60. The van der Waals surface area contributed by atoms with Crippen molar-refractivity contribution in [2.45, 2.75) is 46.8 Å². The number of benzene rings is 2. The summed E-state index contributed by atoms with van der Waals surface area (Å²) in [4.78, 5) is 60.7. The largest absolute Gasteiger partial charge is 0.477 e. The van der Waals surface area contributed by atoms with E-state index in [0.717, 1.165) is 24.5 Å². The van der Waals surface area contributed by atoms with Gasteiger partial charge in [0, 0.05) is 92.6 Å². The van der Waals surface area contributed by atoms with E-state index in [1.54, 1.807) is 53.5 Å². The molecular weight excluding hydrogens is 819 g/mol. The second-order valence-corrected chi connectivity index (χ2v) is 16.0. The number of halogens is 4. The maximum Gasteiger partial charge on any atom is 0.359 e. The van der Waals surface area contributed by atoms with Gasteiger partial charge >= 0.3 is 12.6 Å². The summed E-state index contributed by atoms with van der Waals surface area (Å²) in [5, 5.41) is 19.7. The van der Waals surface area contributed by atoms with Crippen LogP contribution in [0.5, 0.6) is 0 Å². The fraction of sp³-hybridized carbons (Fsp3) is 0.476. The molecule has 0 radical (unpaired) electrons. The molecule has 2 aliphatic heterocycles. The molecule has 0 aliphatic carbocycles. The number of amides is 3. The summed E-state index contributed by atoms with van der Waals surface area (Å²) in [6, 6.07) is 7.90. The Labute approximate surface area is 356 Å². The van der Waals surface area contributed by atoms with Crippen LogP contribution in [0.1, 0.15) is 52.0 Å². The molecule has 0 saturated carbocycles. The van der Waals surface area contributed by atoms with Gasteiger partial charge < -0.3 is 39.7 Å². The van der Waals surface area contributed by atoms with Crippen molar-refractivity contribution in [1.82, 2.24) is 34.4 Å². The molecule has 2 aliphatic rings. The lowest BCUT2D eigenvalue weighted by Gasteiger charge is -2.37. The molecule has 4 aromatic rings. The number of ether oxygens (including phenoxy) is 1. The van der Waals surface area contributed by atoms with Gasteiger partial charge in [0.25, 0.3) is 11.8 Å². The number of hydrogen-bond donors (Lipinski definition) is 4. The third-order valence-electron chi connectivity index (χ3n) is 11.7. The minimum Gasteiger partial charge on any atom is -0.477 e. The number of nitrogens with zero attached hydrogens (tertiary/aromatic N) is 6. The highest BCUT2D eigenvalue weighted by atomic mass is 35.5. The van der Waals surface area contributed by atoms with E-state index >= 15 is 4.39 Å². The summed E-state index contributed by atoms with van der Waals surface area (Å²) in [5.41, 5.74) is 3.24. The first-order valence-corrected chi connectivity index (χ1v) is 20.7. The highest BCUT2D eigenvalue weighted by Gasteiger charge is 2.31. The maximum atomic E-state index is 15.9. The van der Waals surface area contributed by atoms with E-state index in [1.165, 1.54) is 29.2 Å². The van der Waals surface area contributed by atoms with E-state index in [2.05, 4.69) is 25.5 Å². The molecule has 2 aromatic heterocycles. The Kier molecular flexibility index (Phi) is 14.9. The summed E-state index contributed by atoms with van der Waals surface area (Å²) in [6.45, 7) is 6.75. The number of carboxylic acid groups (broad SMARTS) is 1. The molecule has 2 fully saturated rings. The molecule has 328 valence electrons. The molecule has 0 bridgehead atoms. The van der Waals surface area contributed by atoms with Crippen molar-refractivity contribution < 1.29 is 47.1 Å². The van der Waals surface area contributed by atoms with Crippen molar-refractivity contribution in [3.8, 4) is 22.4 Å². The number of carboxylic acids is 1.